The number of ether oxygens (including phenoxy) is 1. The van der Waals surface area contributed by atoms with E-state index in [0.29, 0.717) is 18.0 Å². The van der Waals surface area contributed by atoms with Crippen LogP contribution in [0.15, 0.2) is 79.3 Å². The fourth-order valence-electron chi connectivity index (χ4n) is 2.80. The first-order chi connectivity index (χ1) is 14.6. The Kier molecular flexibility index (Phi) is 5.47. The monoisotopic (exact) mass is 406 g/mol. The van der Waals surface area contributed by atoms with E-state index in [1.807, 2.05) is 54.6 Å². The molecule has 0 spiro atoms. The summed E-state index contributed by atoms with van der Waals surface area (Å²) >= 11 is 0. The Hall–Kier alpha value is -4.07. The molecule has 0 saturated carbocycles. The number of hydrogen-bond acceptors (Lipinski definition) is 4. The maximum atomic E-state index is 13.7. The summed E-state index contributed by atoms with van der Waals surface area (Å²) in [6, 6.07) is 18.3. The fraction of sp³-hybridized carbons (Fsp3) is 0.0455. The molecule has 1 amide bonds. The van der Waals surface area contributed by atoms with E-state index >= 15 is 0 Å². The van der Waals surface area contributed by atoms with Crippen LogP contribution in [0.25, 0.3) is 0 Å². The van der Waals surface area contributed by atoms with Gasteiger partial charge in [-0.2, -0.15) is 5.10 Å². The number of halogens is 2. The van der Waals surface area contributed by atoms with E-state index in [1.54, 1.807) is 10.9 Å². The molecule has 4 aromatic rings. The molecule has 0 radical (unpaired) electrons. The second-order valence-corrected chi connectivity index (χ2v) is 6.35. The van der Waals surface area contributed by atoms with Crippen LogP contribution >= 0.6 is 0 Å². The van der Waals surface area contributed by atoms with E-state index in [9.17, 15) is 13.6 Å². The number of benzene rings is 2. The zero-order valence-electron chi connectivity index (χ0n) is 15.6. The molecule has 0 saturated heterocycles. The zero-order valence-corrected chi connectivity index (χ0v) is 15.6. The van der Waals surface area contributed by atoms with E-state index in [1.165, 1.54) is 6.07 Å². The standard InChI is InChI=1S/C22H16F2N4O2/c23-17-12-25-13-18(24)21(17)26-22(29)19-10-11-28(27-19)14-15-6-4-5-9-20(15)30-16-7-2-1-3-8-16/h1-13H,14H2,(H,25,26,29). The van der Waals surface area contributed by atoms with Crippen molar-refractivity contribution in [3.63, 3.8) is 0 Å². The van der Waals surface area contributed by atoms with E-state index in [-0.39, 0.29) is 5.69 Å². The van der Waals surface area contributed by atoms with Gasteiger partial charge in [0.2, 0.25) is 0 Å². The van der Waals surface area contributed by atoms with Crippen LogP contribution < -0.4 is 10.1 Å². The summed E-state index contributed by atoms with van der Waals surface area (Å²) in [5, 5.41) is 6.38. The van der Waals surface area contributed by atoms with Crippen molar-refractivity contribution in [1.82, 2.24) is 14.8 Å². The predicted molar refractivity (Wildman–Crippen MR) is 106 cm³/mol. The van der Waals surface area contributed by atoms with Crippen LogP contribution in [0, 0.1) is 11.6 Å². The van der Waals surface area contributed by atoms with Crippen LogP contribution in [0.4, 0.5) is 14.5 Å². The Morgan fingerprint density at radius 1 is 0.967 bits per heavy atom. The number of rotatable bonds is 6. The van der Waals surface area contributed by atoms with Crippen molar-refractivity contribution < 1.29 is 18.3 Å². The van der Waals surface area contributed by atoms with E-state index in [2.05, 4.69) is 15.4 Å². The molecule has 0 aliphatic rings. The van der Waals surface area contributed by atoms with Crippen molar-refractivity contribution in [2.24, 2.45) is 0 Å². The van der Waals surface area contributed by atoms with Gasteiger partial charge in [-0.1, -0.05) is 36.4 Å². The van der Waals surface area contributed by atoms with Crippen molar-refractivity contribution in [2.75, 3.05) is 5.32 Å². The van der Waals surface area contributed by atoms with Gasteiger partial charge in [-0.25, -0.2) is 8.78 Å². The normalized spacial score (nSPS) is 10.6. The number of nitrogens with zero attached hydrogens (tertiary/aromatic N) is 3. The predicted octanol–water partition coefficient (Wildman–Crippen LogP) is 4.65. The Morgan fingerprint density at radius 3 is 2.43 bits per heavy atom. The lowest BCUT2D eigenvalue weighted by atomic mass is 10.2. The van der Waals surface area contributed by atoms with Crippen LogP contribution in [0.3, 0.4) is 0 Å². The van der Waals surface area contributed by atoms with Gasteiger partial charge in [0, 0.05) is 11.8 Å². The quantitative estimate of drug-likeness (QED) is 0.506. The van der Waals surface area contributed by atoms with Crippen molar-refractivity contribution in [2.45, 2.75) is 6.54 Å². The molecule has 30 heavy (non-hydrogen) atoms. The summed E-state index contributed by atoms with van der Waals surface area (Å²) in [5.41, 5.74) is 0.306. The van der Waals surface area contributed by atoms with Gasteiger partial charge < -0.3 is 10.1 Å². The number of pyridine rings is 1. The zero-order chi connectivity index (χ0) is 20.9. The average molecular weight is 406 g/mol. The molecule has 6 nitrogen and oxygen atoms in total. The number of hydrogen-bond donors (Lipinski definition) is 1. The first kappa shape index (κ1) is 19.3. The minimum Gasteiger partial charge on any atom is -0.457 e. The van der Waals surface area contributed by atoms with Crippen LogP contribution in [0.5, 0.6) is 11.5 Å². The molecule has 150 valence electrons. The first-order valence-corrected chi connectivity index (χ1v) is 9.05. The van der Waals surface area contributed by atoms with Gasteiger partial charge >= 0.3 is 0 Å². The Labute approximate surface area is 170 Å². The van der Waals surface area contributed by atoms with E-state index in [4.69, 9.17) is 4.74 Å². The van der Waals surface area contributed by atoms with Gasteiger partial charge in [0.05, 0.1) is 18.9 Å². The van der Waals surface area contributed by atoms with Gasteiger partial charge in [-0.15, -0.1) is 0 Å². The second-order valence-electron chi connectivity index (χ2n) is 6.35. The molecule has 0 unspecified atom stereocenters. The molecular weight excluding hydrogens is 390 g/mol. The summed E-state index contributed by atoms with van der Waals surface area (Å²) < 4.78 is 34.8. The summed E-state index contributed by atoms with van der Waals surface area (Å²) in [7, 11) is 0. The van der Waals surface area contributed by atoms with Gasteiger partial charge in [0.15, 0.2) is 17.3 Å². The molecule has 0 bridgehead atoms. The highest BCUT2D eigenvalue weighted by molar-refractivity contribution is 6.02. The second kappa shape index (κ2) is 8.52. The number of amides is 1. The summed E-state index contributed by atoms with van der Waals surface area (Å²) in [6.07, 6.45) is 3.25. The van der Waals surface area contributed by atoms with Gasteiger partial charge in [-0.3, -0.25) is 14.5 Å². The molecule has 0 atom stereocenters. The molecule has 2 heterocycles. The lowest BCUT2D eigenvalue weighted by Gasteiger charge is -2.11. The van der Waals surface area contributed by atoms with Gasteiger partial charge in [0.1, 0.15) is 17.2 Å². The smallest absolute Gasteiger partial charge is 0.276 e. The lowest BCUT2D eigenvalue weighted by Crippen LogP contribution is -2.16. The summed E-state index contributed by atoms with van der Waals surface area (Å²) in [5.74, 6) is -1.30. The third kappa shape index (κ3) is 4.33. The van der Waals surface area contributed by atoms with Gasteiger partial charge in [-0.05, 0) is 24.3 Å². The molecule has 2 aromatic carbocycles. The lowest BCUT2D eigenvalue weighted by molar-refractivity contribution is 0.102. The Morgan fingerprint density at radius 2 is 1.67 bits per heavy atom. The van der Waals surface area contributed by atoms with Crippen molar-refractivity contribution >= 4 is 11.6 Å². The third-order valence-electron chi connectivity index (χ3n) is 4.24. The van der Waals surface area contributed by atoms with E-state index < -0.39 is 23.2 Å². The summed E-state index contributed by atoms with van der Waals surface area (Å²) in [6.45, 7) is 0.342. The molecular formula is C22H16F2N4O2. The largest absolute Gasteiger partial charge is 0.457 e. The number of aromatic nitrogens is 3. The number of para-hydroxylation sites is 2. The van der Waals surface area contributed by atoms with Crippen LogP contribution in [-0.2, 0) is 6.54 Å². The highest BCUT2D eigenvalue weighted by Crippen LogP contribution is 2.25. The van der Waals surface area contributed by atoms with Crippen molar-refractivity contribution in [3.05, 3.63) is 102 Å². The number of carbonyl (C=O) groups is 1. The van der Waals surface area contributed by atoms with Crippen molar-refractivity contribution in [1.29, 1.82) is 0 Å². The van der Waals surface area contributed by atoms with Crippen LogP contribution in [-0.4, -0.2) is 20.7 Å². The number of nitrogens with one attached hydrogen (secondary N) is 1. The van der Waals surface area contributed by atoms with Crippen LogP contribution in [0.2, 0.25) is 0 Å². The third-order valence-corrected chi connectivity index (χ3v) is 4.24. The highest BCUT2D eigenvalue weighted by atomic mass is 19.1. The maximum Gasteiger partial charge on any atom is 0.276 e. The van der Waals surface area contributed by atoms with Crippen molar-refractivity contribution in [3.8, 4) is 11.5 Å². The number of carbonyl (C=O) groups excluding carboxylic acids is 1. The van der Waals surface area contributed by atoms with Crippen LogP contribution in [0.1, 0.15) is 16.1 Å². The first-order valence-electron chi connectivity index (χ1n) is 9.05. The number of anilines is 1. The Bertz CT molecular complexity index is 1160. The Balaban J connectivity index is 1.49. The SMILES string of the molecule is O=C(Nc1c(F)cncc1F)c1ccn(Cc2ccccc2Oc2ccccc2)n1. The molecule has 0 aliphatic heterocycles. The summed E-state index contributed by atoms with van der Waals surface area (Å²) in [4.78, 5) is 15.7. The maximum absolute atomic E-state index is 13.7. The fourth-order valence-corrected chi connectivity index (χ4v) is 2.80. The minimum atomic E-state index is -0.963. The van der Waals surface area contributed by atoms with E-state index in [0.717, 1.165) is 18.0 Å². The molecule has 8 heteroatoms. The topological polar surface area (TPSA) is 69.0 Å². The highest BCUT2D eigenvalue weighted by Gasteiger charge is 2.16. The minimum absolute atomic E-state index is 0.0204. The molecule has 0 fully saturated rings. The molecule has 1 N–H and O–H groups in total. The molecule has 4 rings (SSSR count). The molecule has 0 aliphatic carbocycles. The average Bonchev–Trinajstić information content (AvgIpc) is 3.22. The molecule has 2 aromatic heterocycles. The van der Waals surface area contributed by atoms with Gasteiger partial charge in [0.25, 0.3) is 5.91 Å².